The summed E-state index contributed by atoms with van der Waals surface area (Å²) >= 11 is 0. The quantitative estimate of drug-likeness (QED) is 0.543. The number of hydrogen-bond acceptors (Lipinski definition) is 6. The minimum absolute atomic E-state index is 0.130. The van der Waals surface area contributed by atoms with Crippen LogP contribution >= 0.6 is 0 Å². The number of likely N-dealkylation sites (N-methyl/N-ethyl adjacent to an activating group) is 2. The second kappa shape index (κ2) is 12.1. The van der Waals surface area contributed by atoms with E-state index in [0.29, 0.717) is 13.2 Å². The van der Waals surface area contributed by atoms with Crippen LogP contribution in [0.1, 0.15) is 36.6 Å². The Morgan fingerprint density at radius 1 is 0.938 bits per heavy atom. The molecule has 176 valence electrons. The summed E-state index contributed by atoms with van der Waals surface area (Å²) in [5.41, 5.74) is 3.80. The van der Waals surface area contributed by atoms with Gasteiger partial charge in [0, 0.05) is 19.6 Å². The van der Waals surface area contributed by atoms with Gasteiger partial charge in [0.1, 0.15) is 19.0 Å². The Morgan fingerprint density at radius 3 is 2.31 bits per heavy atom. The van der Waals surface area contributed by atoms with Crippen molar-refractivity contribution in [2.75, 3.05) is 67.1 Å². The molecule has 32 heavy (non-hydrogen) atoms. The molecular weight excluding hydrogens is 402 g/mol. The Bertz CT molecular complexity index is 835. The molecule has 1 N–H and O–H groups in total. The third-order valence-corrected chi connectivity index (χ3v) is 6.06. The topological polar surface area (TPSA) is 46.2 Å². The van der Waals surface area contributed by atoms with Crippen LogP contribution < -0.4 is 19.5 Å². The molecule has 0 amide bonds. The summed E-state index contributed by atoms with van der Waals surface area (Å²) in [4.78, 5) is 4.48. The van der Waals surface area contributed by atoms with Crippen molar-refractivity contribution in [3.63, 3.8) is 0 Å². The summed E-state index contributed by atoms with van der Waals surface area (Å²) in [6.45, 7) is 10.5. The van der Waals surface area contributed by atoms with Crippen molar-refractivity contribution in [3.05, 3.63) is 53.1 Å². The van der Waals surface area contributed by atoms with Crippen LogP contribution in [0.4, 0.5) is 0 Å². The van der Waals surface area contributed by atoms with Crippen LogP contribution in [0.5, 0.6) is 17.2 Å². The first-order valence-corrected chi connectivity index (χ1v) is 11.7. The molecule has 0 aliphatic carbocycles. The van der Waals surface area contributed by atoms with Gasteiger partial charge in [0.15, 0.2) is 11.5 Å². The van der Waals surface area contributed by atoms with Crippen molar-refractivity contribution in [1.29, 1.82) is 0 Å². The Balaban J connectivity index is 1.75. The highest BCUT2D eigenvalue weighted by atomic mass is 16.5. The molecular formula is C26H39N3O3. The minimum Gasteiger partial charge on any atom is -0.493 e. The van der Waals surface area contributed by atoms with E-state index in [1.807, 2.05) is 0 Å². The summed E-state index contributed by atoms with van der Waals surface area (Å²) in [5.74, 6) is 2.53. The number of nitrogens with one attached hydrogen (secondary N) is 1. The molecule has 0 radical (unpaired) electrons. The number of ether oxygens (including phenoxy) is 3. The van der Waals surface area contributed by atoms with E-state index >= 15 is 0 Å². The Labute approximate surface area is 193 Å². The smallest absolute Gasteiger partial charge is 0.161 e. The predicted octanol–water partition coefficient (Wildman–Crippen LogP) is 3.59. The Kier molecular flexibility index (Phi) is 9.21. The molecule has 1 unspecified atom stereocenters. The Hall–Kier alpha value is -2.28. The van der Waals surface area contributed by atoms with Gasteiger partial charge in [-0.3, -0.25) is 0 Å². The number of nitrogens with zero attached hydrogens (tertiary/aromatic N) is 2. The van der Waals surface area contributed by atoms with Gasteiger partial charge in [-0.15, -0.1) is 0 Å². The van der Waals surface area contributed by atoms with Gasteiger partial charge in [-0.2, -0.15) is 0 Å². The largest absolute Gasteiger partial charge is 0.493 e. The van der Waals surface area contributed by atoms with Gasteiger partial charge < -0.3 is 29.3 Å². The molecule has 3 rings (SSSR count). The first-order valence-electron chi connectivity index (χ1n) is 11.7. The summed E-state index contributed by atoms with van der Waals surface area (Å²) < 4.78 is 17.7. The van der Waals surface area contributed by atoms with Gasteiger partial charge >= 0.3 is 0 Å². The highest BCUT2D eigenvalue weighted by molar-refractivity contribution is 5.52. The van der Waals surface area contributed by atoms with Gasteiger partial charge in [-0.05, 0) is 74.6 Å². The van der Waals surface area contributed by atoms with Crippen LogP contribution in [-0.4, -0.2) is 76.9 Å². The van der Waals surface area contributed by atoms with E-state index < -0.39 is 0 Å². The third kappa shape index (κ3) is 6.37. The van der Waals surface area contributed by atoms with Crippen LogP contribution in [0.3, 0.4) is 0 Å². The second-order valence-corrected chi connectivity index (χ2v) is 8.44. The summed E-state index contributed by atoms with van der Waals surface area (Å²) in [6.07, 6.45) is 0.980. The van der Waals surface area contributed by atoms with Gasteiger partial charge in [0.05, 0.1) is 13.2 Å². The summed E-state index contributed by atoms with van der Waals surface area (Å²) in [6, 6.07) is 12.9. The highest BCUT2D eigenvalue weighted by Crippen LogP contribution is 2.37. The van der Waals surface area contributed by atoms with Crippen molar-refractivity contribution in [3.8, 4) is 17.2 Å². The maximum atomic E-state index is 6.18. The van der Waals surface area contributed by atoms with Crippen molar-refractivity contribution < 1.29 is 14.2 Å². The van der Waals surface area contributed by atoms with Crippen LogP contribution in [0.25, 0.3) is 0 Å². The van der Waals surface area contributed by atoms with E-state index in [-0.39, 0.29) is 6.04 Å². The monoisotopic (exact) mass is 441 g/mol. The maximum Gasteiger partial charge on any atom is 0.161 e. The average Bonchev–Trinajstić information content (AvgIpc) is 2.81. The summed E-state index contributed by atoms with van der Waals surface area (Å²) in [5, 5.41) is 3.67. The van der Waals surface area contributed by atoms with E-state index in [9.17, 15) is 0 Å². The van der Waals surface area contributed by atoms with Crippen molar-refractivity contribution >= 4 is 0 Å². The molecule has 0 bridgehead atoms. The van der Waals surface area contributed by atoms with E-state index in [1.165, 1.54) is 16.7 Å². The van der Waals surface area contributed by atoms with E-state index in [4.69, 9.17) is 14.2 Å². The third-order valence-electron chi connectivity index (χ3n) is 6.06. The lowest BCUT2D eigenvalue weighted by Crippen LogP contribution is -2.31. The molecule has 6 nitrogen and oxygen atoms in total. The van der Waals surface area contributed by atoms with Crippen molar-refractivity contribution in [2.45, 2.75) is 26.3 Å². The number of rotatable bonds is 12. The summed E-state index contributed by atoms with van der Waals surface area (Å²) in [7, 11) is 5.82. The molecule has 1 heterocycles. The van der Waals surface area contributed by atoms with Crippen molar-refractivity contribution in [1.82, 2.24) is 15.1 Å². The molecule has 2 aromatic rings. The lowest BCUT2D eigenvalue weighted by Gasteiger charge is -2.29. The van der Waals surface area contributed by atoms with Crippen LogP contribution in [0.15, 0.2) is 36.4 Å². The van der Waals surface area contributed by atoms with Gasteiger partial charge in [0.2, 0.25) is 0 Å². The molecule has 0 spiro atoms. The lowest BCUT2D eigenvalue weighted by molar-refractivity contribution is 0.217. The van der Waals surface area contributed by atoms with Crippen molar-refractivity contribution in [2.24, 2.45) is 0 Å². The standard InChI is InChI=1S/C26H39N3O3/c1-6-29(7-2)15-17-32-25-19-23-21(18-24(25)30-5)12-13-27-26(23)20-8-10-22(11-9-20)31-16-14-28(3)4/h8-11,18-19,26-27H,6-7,12-17H2,1-5H3. The van der Waals surface area contributed by atoms with E-state index in [1.54, 1.807) is 7.11 Å². The first-order chi connectivity index (χ1) is 15.5. The van der Waals surface area contributed by atoms with Crippen LogP contribution in [-0.2, 0) is 6.42 Å². The van der Waals surface area contributed by atoms with Gasteiger partial charge in [-0.25, -0.2) is 0 Å². The zero-order valence-electron chi connectivity index (χ0n) is 20.3. The first kappa shape index (κ1) is 24.4. The van der Waals surface area contributed by atoms with E-state index in [0.717, 1.165) is 56.4 Å². The fraction of sp³-hybridized carbons (Fsp3) is 0.538. The molecule has 6 heteroatoms. The van der Waals surface area contributed by atoms with E-state index in [2.05, 4.69) is 79.5 Å². The minimum atomic E-state index is 0.130. The molecule has 1 atom stereocenters. The number of benzene rings is 2. The fourth-order valence-corrected chi connectivity index (χ4v) is 4.06. The second-order valence-electron chi connectivity index (χ2n) is 8.44. The lowest BCUT2D eigenvalue weighted by atomic mass is 9.89. The molecule has 0 aromatic heterocycles. The maximum absolute atomic E-state index is 6.18. The normalized spacial score (nSPS) is 15.7. The molecule has 1 aliphatic rings. The molecule has 1 aliphatic heterocycles. The van der Waals surface area contributed by atoms with Gasteiger partial charge in [-0.1, -0.05) is 26.0 Å². The zero-order valence-corrected chi connectivity index (χ0v) is 20.3. The molecule has 2 aromatic carbocycles. The molecule has 0 saturated carbocycles. The van der Waals surface area contributed by atoms with Gasteiger partial charge in [0.25, 0.3) is 0 Å². The Morgan fingerprint density at radius 2 is 1.66 bits per heavy atom. The molecule has 0 saturated heterocycles. The number of hydrogen-bond donors (Lipinski definition) is 1. The van der Waals surface area contributed by atoms with Crippen LogP contribution in [0, 0.1) is 0 Å². The fourth-order valence-electron chi connectivity index (χ4n) is 4.06. The highest BCUT2D eigenvalue weighted by Gasteiger charge is 2.24. The molecule has 0 fully saturated rings. The number of fused-ring (bicyclic) bond motifs is 1. The zero-order chi connectivity index (χ0) is 22.9. The average molecular weight is 442 g/mol. The number of methoxy groups -OCH3 is 1. The SMILES string of the molecule is CCN(CC)CCOc1cc2c(cc1OC)CCNC2c1ccc(OCCN(C)C)cc1. The predicted molar refractivity (Wildman–Crippen MR) is 130 cm³/mol. The van der Waals surface area contributed by atoms with Crippen LogP contribution in [0.2, 0.25) is 0 Å².